The van der Waals surface area contributed by atoms with Crippen LogP contribution >= 0.6 is 22.9 Å². The zero-order valence-electron chi connectivity index (χ0n) is 20.5. The molecule has 1 aliphatic heterocycles. The first-order chi connectivity index (χ1) is 17.4. The summed E-state index contributed by atoms with van der Waals surface area (Å²) in [5.74, 6) is 1.80. The first-order valence-corrected chi connectivity index (χ1v) is 13.2. The second kappa shape index (κ2) is 10.5. The van der Waals surface area contributed by atoms with Gasteiger partial charge < -0.3 is 28.8 Å². The van der Waals surface area contributed by atoms with Crippen molar-refractivity contribution in [1.29, 1.82) is 0 Å². The topological polar surface area (TPSA) is 81.8 Å². The van der Waals surface area contributed by atoms with Gasteiger partial charge in [0, 0.05) is 42.7 Å². The molecule has 10 heteroatoms. The fraction of sp³-hybridized carbons (Fsp3) is 0.385. The van der Waals surface area contributed by atoms with Gasteiger partial charge in [0.15, 0.2) is 5.76 Å². The highest BCUT2D eigenvalue weighted by Crippen LogP contribution is 2.33. The highest BCUT2D eigenvalue weighted by atomic mass is 35.5. The van der Waals surface area contributed by atoms with Gasteiger partial charge in [0.1, 0.15) is 11.4 Å². The van der Waals surface area contributed by atoms with E-state index >= 15 is 0 Å². The molecule has 0 unspecified atom stereocenters. The van der Waals surface area contributed by atoms with Crippen LogP contribution in [0.2, 0.25) is 4.34 Å². The number of nitrogens with zero attached hydrogens (tertiary/aromatic N) is 3. The molecule has 1 N–H and O–H groups in total. The average molecular weight is 529 g/mol. The molecule has 0 spiro atoms. The second-order valence-corrected chi connectivity index (χ2v) is 10.9. The number of rotatable bonds is 7. The van der Waals surface area contributed by atoms with Gasteiger partial charge in [0.2, 0.25) is 5.88 Å². The van der Waals surface area contributed by atoms with Crippen LogP contribution in [0.15, 0.2) is 47.0 Å². The maximum Gasteiger partial charge on any atom is 0.414 e. The normalized spacial score (nSPS) is 15.0. The van der Waals surface area contributed by atoms with E-state index in [4.69, 9.17) is 25.6 Å². The number of carbonyl (C=O) groups is 1. The molecule has 0 bridgehead atoms. The summed E-state index contributed by atoms with van der Waals surface area (Å²) in [6.45, 7) is 6.69. The number of hydrogen-bond acceptors (Lipinski definition) is 7. The van der Waals surface area contributed by atoms with Crippen molar-refractivity contribution < 1.29 is 18.8 Å². The number of carbonyl (C=O) groups excluding carboxylic acids is 1. The summed E-state index contributed by atoms with van der Waals surface area (Å²) in [6.07, 6.45) is 1.35. The van der Waals surface area contributed by atoms with Gasteiger partial charge in [-0.2, -0.15) is 0 Å². The van der Waals surface area contributed by atoms with Gasteiger partial charge in [0.25, 0.3) is 0 Å². The molecule has 190 valence electrons. The van der Waals surface area contributed by atoms with E-state index in [0.717, 1.165) is 47.5 Å². The summed E-state index contributed by atoms with van der Waals surface area (Å²) in [6, 6.07) is 13.8. The number of likely N-dealkylation sites (tertiary alicyclic amines) is 1. The molecule has 1 fully saturated rings. The molecule has 36 heavy (non-hydrogen) atoms. The number of amides is 1. The number of nitrogens with one attached hydrogen (secondary N) is 1. The summed E-state index contributed by atoms with van der Waals surface area (Å²) in [4.78, 5) is 16.2. The van der Waals surface area contributed by atoms with E-state index in [9.17, 15) is 4.79 Å². The number of hydrogen-bond donors (Lipinski definition) is 1. The molecule has 1 aromatic carbocycles. The zero-order valence-corrected chi connectivity index (χ0v) is 22.1. The maximum absolute atomic E-state index is 12.9. The zero-order chi connectivity index (χ0) is 25.2. The summed E-state index contributed by atoms with van der Waals surface area (Å²) in [5, 5.41) is 8.18. The summed E-state index contributed by atoms with van der Waals surface area (Å²) in [7, 11) is 1.63. The van der Waals surface area contributed by atoms with Crippen molar-refractivity contribution in [2.75, 3.05) is 20.2 Å². The standard InChI is InChI=1S/C26H29ClN4O4S/c1-16(2)30-10-8-18(9-11-30)28-26(32)34-25-13-17-12-20(33-3)4-5-21(17)31(25)15-19-14-22(35-29-19)23-6-7-24(27)36-23/h4-7,12-14,16,18H,8-11,15H2,1-3H3,(H,28,32). The van der Waals surface area contributed by atoms with Crippen LogP contribution in [0.4, 0.5) is 4.79 Å². The van der Waals surface area contributed by atoms with Crippen molar-refractivity contribution in [3.8, 4) is 22.3 Å². The largest absolute Gasteiger partial charge is 0.497 e. The fourth-order valence-electron chi connectivity index (χ4n) is 4.56. The summed E-state index contributed by atoms with van der Waals surface area (Å²) < 4.78 is 19.4. The SMILES string of the molecule is COc1ccc2c(c1)cc(OC(=O)NC1CCN(C(C)C)CC1)n2Cc1cc(-c2ccc(Cl)s2)on1. The Balaban J connectivity index is 1.35. The van der Waals surface area contributed by atoms with Gasteiger partial charge >= 0.3 is 6.09 Å². The van der Waals surface area contributed by atoms with Gasteiger partial charge in [-0.05, 0) is 57.0 Å². The Morgan fingerprint density at radius 3 is 2.72 bits per heavy atom. The third-order valence-electron chi connectivity index (χ3n) is 6.54. The maximum atomic E-state index is 12.9. The third kappa shape index (κ3) is 5.38. The summed E-state index contributed by atoms with van der Waals surface area (Å²) in [5.41, 5.74) is 1.60. The van der Waals surface area contributed by atoms with Crippen LogP contribution in [0.25, 0.3) is 21.5 Å². The number of methoxy groups -OCH3 is 1. The quantitative estimate of drug-likeness (QED) is 0.315. The lowest BCUT2D eigenvalue weighted by Gasteiger charge is -2.34. The molecule has 1 amide bonds. The number of thiophene rings is 1. The number of aromatic nitrogens is 2. The van der Waals surface area contributed by atoms with E-state index in [1.165, 1.54) is 11.3 Å². The minimum atomic E-state index is -0.455. The van der Waals surface area contributed by atoms with E-state index in [0.29, 0.717) is 34.3 Å². The van der Waals surface area contributed by atoms with Gasteiger partial charge in [-0.1, -0.05) is 16.8 Å². The fourth-order valence-corrected chi connectivity index (χ4v) is 5.55. The van der Waals surface area contributed by atoms with Crippen LogP contribution in [-0.4, -0.2) is 53.0 Å². The lowest BCUT2D eigenvalue weighted by molar-refractivity contribution is 0.151. The molecule has 0 saturated carbocycles. The first kappa shape index (κ1) is 24.7. The number of fused-ring (bicyclic) bond motifs is 1. The number of ether oxygens (including phenoxy) is 2. The highest BCUT2D eigenvalue weighted by molar-refractivity contribution is 7.19. The molecule has 8 nitrogen and oxygen atoms in total. The van der Waals surface area contributed by atoms with Gasteiger partial charge in [0.05, 0.1) is 28.4 Å². The van der Waals surface area contributed by atoms with Gasteiger partial charge in [-0.25, -0.2) is 4.79 Å². The smallest absolute Gasteiger partial charge is 0.414 e. The van der Waals surface area contributed by atoms with E-state index in [-0.39, 0.29) is 6.04 Å². The van der Waals surface area contributed by atoms with Gasteiger partial charge in [-0.15, -0.1) is 11.3 Å². The van der Waals surface area contributed by atoms with Crippen molar-refractivity contribution in [3.63, 3.8) is 0 Å². The molecule has 3 aromatic heterocycles. The molecule has 5 rings (SSSR count). The molecule has 4 aromatic rings. The van der Waals surface area contributed by atoms with Crippen molar-refractivity contribution in [3.05, 3.63) is 52.5 Å². The first-order valence-electron chi connectivity index (χ1n) is 12.0. The molecule has 1 aliphatic rings. The molecular formula is C26H29ClN4O4S. The molecule has 0 radical (unpaired) electrons. The molecular weight excluding hydrogens is 500 g/mol. The lowest BCUT2D eigenvalue weighted by atomic mass is 10.0. The van der Waals surface area contributed by atoms with Crippen LogP contribution in [0, 0.1) is 0 Å². The van der Waals surface area contributed by atoms with Crippen LogP contribution in [0.5, 0.6) is 11.6 Å². The van der Waals surface area contributed by atoms with Crippen LogP contribution in [0.1, 0.15) is 32.4 Å². The van der Waals surface area contributed by atoms with Crippen molar-refractivity contribution in [2.45, 2.75) is 45.3 Å². The van der Waals surface area contributed by atoms with E-state index < -0.39 is 6.09 Å². The number of piperidine rings is 1. The highest BCUT2D eigenvalue weighted by Gasteiger charge is 2.24. The Labute approximate surface area is 218 Å². The van der Waals surface area contributed by atoms with Crippen LogP contribution < -0.4 is 14.8 Å². The Morgan fingerprint density at radius 2 is 2.03 bits per heavy atom. The average Bonchev–Trinajstić information content (AvgIpc) is 3.58. The van der Waals surface area contributed by atoms with Gasteiger partial charge in [-0.3, -0.25) is 0 Å². The Kier molecular flexibility index (Phi) is 7.22. The molecule has 0 atom stereocenters. The van der Waals surface area contributed by atoms with Crippen molar-refractivity contribution in [2.24, 2.45) is 0 Å². The van der Waals surface area contributed by atoms with Crippen LogP contribution in [0.3, 0.4) is 0 Å². The molecule has 0 aliphatic carbocycles. The number of benzene rings is 1. The Morgan fingerprint density at radius 1 is 1.22 bits per heavy atom. The van der Waals surface area contributed by atoms with E-state index in [2.05, 4.69) is 29.2 Å². The monoisotopic (exact) mass is 528 g/mol. The lowest BCUT2D eigenvalue weighted by Crippen LogP contribution is -2.47. The predicted molar refractivity (Wildman–Crippen MR) is 141 cm³/mol. The summed E-state index contributed by atoms with van der Waals surface area (Å²) >= 11 is 7.50. The van der Waals surface area contributed by atoms with E-state index in [1.807, 2.05) is 47.0 Å². The second-order valence-electron chi connectivity index (χ2n) is 9.22. The molecule has 1 saturated heterocycles. The van der Waals surface area contributed by atoms with E-state index in [1.54, 1.807) is 7.11 Å². The predicted octanol–water partition coefficient (Wildman–Crippen LogP) is 6.03. The van der Waals surface area contributed by atoms with Crippen molar-refractivity contribution >= 4 is 39.9 Å². The third-order valence-corrected chi connectivity index (χ3v) is 7.79. The minimum absolute atomic E-state index is 0.0983. The minimum Gasteiger partial charge on any atom is -0.497 e. The van der Waals surface area contributed by atoms with Crippen molar-refractivity contribution in [1.82, 2.24) is 19.9 Å². The Bertz CT molecular complexity index is 1350. The number of halogens is 1. The van der Waals surface area contributed by atoms with Crippen LogP contribution in [-0.2, 0) is 6.54 Å². The Hall–Kier alpha value is -3.01. The molecule has 4 heterocycles.